The monoisotopic (exact) mass is 485 g/mol. The molecule has 9 N–H and O–H groups in total. The number of thiol groups is 1. The average molecular weight is 486 g/mol. The van der Waals surface area contributed by atoms with Crippen LogP contribution in [0.2, 0.25) is 0 Å². The maximum Gasteiger partial charge on any atom is 0.326 e. The summed E-state index contributed by atoms with van der Waals surface area (Å²) in [5, 5.41) is 16.8. The molecular formula is C19H31N7O6S. The van der Waals surface area contributed by atoms with Crippen molar-refractivity contribution < 1.29 is 29.1 Å². The van der Waals surface area contributed by atoms with Gasteiger partial charge >= 0.3 is 5.97 Å². The Kier molecular flexibility index (Phi) is 11.4. The van der Waals surface area contributed by atoms with Gasteiger partial charge in [0.05, 0.1) is 12.4 Å². The molecule has 1 aromatic heterocycles. The number of nitrogens with one attached hydrogen (secondary N) is 4. The van der Waals surface area contributed by atoms with Crippen LogP contribution >= 0.6 is 12.6 Å². The Morgan fingerprint density at radius 3 is 2.21 bits per heavy atom. The van der Waals surface area contributed by atoms with Gasteiger partial charge in [-0.25, -0.2) is 9.78 Å². The van der Waals surface area contributed by atoms with Crippen LogP contribution in [0.5, 0.6) is 0 Å². The lowest BCUT2D eigenvalue weighted by molar-refractivity contribution is -0.142. The average Bonchev–Trinajstić information content (AvgIpc) is 3.25. The summed E-state index contributed by atoms with van der Waals surface area (Å²) in [5.41, 5.74) is 11.3. The summed E-state index contributed by atoms with van der Waals surface area (Å²) in [5.74, 6) is -4.44. The molecule has 0 aliphatic carbocycles. The van der Waals surface area contributed by atoms with Crippen molar-refractivity contribution in [1.29, 1.82) is 0 Å². The molecule has 1 rings (SSSR count). The summed E-state index contributed by atoms with van der Waals surface area (Å²) in [6.45, 7) is 3.34. The number of primary amides is 1. The van der Waals surface area contributed by atoms with Gasteiger partial charge in [0.25, 0.3) is 0 Å². The van der Waals surface area contributed by atoms with Crippen LogP contribution in [0.3, 0.4) is 0 Å². The van der Waals surface area contributed by atoms with Crippen LogP contribution in [-0.4, -0.2) is 74.6 Å². The van der Waals surface area contributed by atoms with Crippen LogP contribution < -0.4 is 27.4 Å². The number of carbonyl (C=O) groups excluding carboxylic acids is 4. The van der Waals surface area contributed by atoms with E-state index in [2.05, 4.69) is 38.5 Å². The molecule has 0 aliphatic heterocycles. The van der Waals surface area contributed by atoms with E-state index in [1.165, 1.54) is 12.5 Å². The number of nitrogens with zero attached hydrogens (tertiary/aromatic N) is 1. The third-order valence-electron chi connectivity index (χ3n) is 4.69. The molecule has 0 radical (unpaired) electrons. The predicted octanol–water partition coefficient (Wildman–Crippen LogP) is -2.33. The second kappa shape index (κ2) is 13.4. The first-order valence-electron chi connectivity index (χ1n) is 10.2. The minimum atomic E-state index is -1.25. The van der Waals surface area contributed by atoms with E-state index in [0.717, 1.165) is 0 Å². The summed E-state index contributed by atoms with van der Waals surface area (Å²) in [4.78, 5) is 66.7. The maximum atomic E-state index is 12.8. The SMILES string of the molecule is CC(C)C(NC(=O)C(CS)NC(=O)C(N)CCC(N)=O)C(=O)NC(Cc1cnc[nH]1)C(=O)O. The number of H-pyrrole nitrogens is 1. The van der Waals surface area contributed by atoms with Crippen molar-refractivity contribution >= 4 is 42.2 Å². The molecule has 4 atom stereocenters. The van der Waals surface area contributed by atoms with E-state index < -0.39 is 59.7 Å². The van der Waals surface area contributed by atoms with Gasteiger partial charge in [0.2, 0.25) is 23.6 Å². The molecule has 1 heterocycles. The molecule has 14 heteroatoms. The van der Waals surface area contributed by atoms with Gasteiger partial charge in [0.1, 0.15) is 18.1 Å². The Bertz CT molecular complexity index is 833. The van der Waals surface area contributed by atoms with Crippen molar-refractivity contribution in [3.63, 3.8) is 0 Å². The summed E-state index contributed by atoms with van der Waals surface area (Å²) in [7, 11) is 0. The van der Waals surface area contributed by atoms with Gasteiger partial charge in [-0.3, -0.25) is 19.2 Å². The molecule has 0 bridgehead atoms. The third kappa shape index (κ3) is 9.49. The Morgan fingerprint density at radius 1 is 1.09 bits per heavy atom. The van der Waals surface area contributed by atoms with E-state index in [-0.39, 0.29) is 25.0 Å². The highest BCUT2D eigenvalue weighted by atomic mass is 32.1. The largest absolute Gasteiger partial charge is 0.480 e. The molecule has 1 aromatic rings. The van der Waals surface area contributed by atoms with Gasteiger partial charge in [-0.15, -0.1) is 0 Å². The van der Waals surface area contributed by atoms with Crippen molar-refractivity contribution in [2.45, 2.75) is 57.3 Å². The number of imidazole rings is 1. The normalized spacial score (nSPS) is 14.6. The number of carbonyl (C=O) groups is 5. The fourth-order valence-corrected chi connectivity index (χ4v) is 3.03. The molecule has 4 amide bonds. The summed E-state index contributed by atoms with van der Waals surface area (Å²) in [6.07, 6.45) is 2.71. The van der Waals surface area contributed by atoms with Gasteiger partial charge in [0, 0.05) is 30.5 Å². The van der Waals surface area contributed by atoms with Crippen molar-refractivity contribution in [1.82, 2.24) is 25.9 Å². The van der Waals surface area contributed by atoms with Crippen molar-refractivity contribution in [2.75, 3.05) is 5.75 Å². The highest BCUT2D eigenvalue weighted by Crippen LogP contribution is 2.06. The number of carboxylic acid groups (broad SMARTS) is 1. The number of hydrogen-bond donors (Lipinski definition) is 8. The van der Waals surface area contributed by atoms with Crippen LogP contribution in [-0.2, 0) is 30.4 Å². The molecule has 184 valence electrons. The summed E-state index contributed by atoms with van der Waals surface area (Å²) >= 11 is 4.06. The number of rotatable bonds is 14. The summed E-state index contributed by atoms with van der Waals surface area (Å²) < 4.78 is 0. The Balaban J connectivity index is 2.79. The van der Waals surface area contributed by atoms with Crippen LogP contribution in [0.25, 0.3) is 0 Å². The minimum Gasteiger partial charge on any atom is -0.480 e. The highest BCUT2D eigenvalue weighted by Gasteiger charge is 2.31. The van der Waals surface area contributed by atoms with Gasteiger partial charge in [-0.1, -0.05) is 13.8 Å². The second-order valence-electron chi connectivity index (χ2n) is 7.77. The van der Waals surface area contributed by atoms with Crippen LogP contribution in [0, 0.1) is 5.92 Å². The van der Waals surface area contributed by atoms with E-state index in [4.69, 9.17) is 11.5 Å². The Labute approximate surface area is 196 Å². The lowest BCUT2D eigenvalue weighted by atomic mass is 10.0. The lowest BCUT2D eigenvalue weighted by Gasteiger charge is -2.26. The van der Waals surface area contributed by atoms with Crippen LogP contribution in [0.1, 0.15) is 32.4 Å². The molecule has 4 unspecified atom stereocenters. The number of aromatic amines is 1. The number of hydrogen-bond acceptors (Lipinski definition) is 8. The molecule has 0 saturated carbocycles. The first-order chi connectivity index (χ1) is 15.5. The molecule has 33 heavy (non-hydrogen) atoms. The van der Waals surface area contributed by atoms with Gasteiger partial charge in [-0.05, 0) is 12.3 Å². The predicted molar refractivity (Wildman–Crippen MR) is 121 cm³/mol. The second-order valence-corrected chi connectivity index (χ2v) is 8.13. The number of aliphatic carboxylic acids is 1. The fraction of sp³-hybridized carbons (Fsp3) is 0.579. The van der Waals surface area contributed by atoms with Crippen molar-refractivity contribution in [2.24, 2.45) is 17.4 Å². The molecule has 0 aromatic carbocycles. The molecule has 0 saturated heterocycles. The van der Waals surface area contributed by atoms with Gasteiger partial charge in [-0.2, -0.15) is 12.6 Å². The topological polar surface area (TPSA) is 222 Å². The Hall–Kier alpha value is -3.13. The first-order valence-corrected chi connectivity index (χ1v) is 10.8. The number of nitrogens with two attached hydrogens (primary N) is 2. The quantitative estimate of drug-likeness (QED) is 0.133. The zero-order chi connectivity index (χ0) is 25.1. The Morgan fingerprint density at radius 2 is 1.73 bits per heavy atom. The number of amides is 4. The van der Waals surface area contributed by atoms with E-state index in [1.807, 2.05) is 0 Å². The van der Waals surface area contributed by atoms with Crippen molar-refractivity contribution in [3.05, 3.63) is 18.2 Å². The van der Waals surface area contributed by atoms with Crippen LogP contribution in [0.15, 0.2) is 12.5 Å². The van der Waals surface area contributed by atoms with E-state index >= 15 is 0 Å². The van der Waals surface area contributed by atoms with Crippen LogP contribution in [0.4, 0.5) is 0 Å². The van der Waals surface area contributed by atoms with E-state index in [0.29, 0.717) is 5.69 Å². The third-order valence-corrected chi connectivity index (χ3v) is 5.06. The fourth-order valence-electron chi connectivity index (χ4n) is 2.77. The van der Waals surface area contributed by atoms with Crippen molar-refractivity contribution in [3.8, 4) is 0 Å². The molecule has 0 fully saturated rings. The van der Waals surface area contributed by atoms with Gasteiger partial charge in [0.15, 0.2) is 0 Å². The first kappa shape index (κ1) is 27.9. The van der Waals surface area contributed by atoms with E-state index in [9.17, 15) is 29.1 Å². The summed E-state index contributed by atoms with van der Waals surface area (Å²) in [6, 6.07) is -4.51. The zero-order valence-corrected chi connectivity index (χ0v) is 19.3. The standard InChI is InChI=1S/C19H31N7O6S/c1-9(2)15(18(30)24-12(19(31)32)5-10-6-22-8-23-10)26-17(29)13(7-33)25-16(28)11(20)3-4-14(21)27/h6,8-9,11-13,15,33H,3-5,7,20H2,1-2H3,(H2,21,27)(H,22,23)(H,24,30)(H,25,28)(H,26,29)(H,31,32). The molecule has 13 nitrogen and oxygen atoms in total. The molecule has 0 spiro atoms. The smallest absolute Gasteiger partial charge is 0.326 e. The lowest BCUT2D eigenvalue weighted by Crippen LogP contribution is -2.59. The number of carboxylic acids is 1. The number of aromatic nitrogens is 2. The highest BCUT2D eigenvalue weighted by molar-refractivity contribution is 7.80. The van der Waals surface area contributed by atoms with Gasteiger partial charge < -0.3 is 37.5 Å². The minimum absolute atomic E-state index is 0.00596. The van der Waals surface area contributed by atoms with E-state index in [1.54, 1.807) is 13.8 Å². The molecular weight excluding hydrogens is 454 g/mol. The maximum absolute atomic E-state index is 12.8. The zero-order valence-electron chi connectivity index (χ0n) is 18.4. The molecule has 0 aliphatic rings.